The fraction of sp³-hybridized carbons (Fsp3) is 0.273. The minimum absolute atomic E-state index is 0.0589. The molecule has 6 nitrogen and oxygen atoms in total. The molecule has 4 aromatic rings. The lowest BCUT2D eigenvalue weighted by molar-refractivity contribution is 0.408. The highest BCUT2D eigenvalue weighted by atomic mass is 32.2. The van der Waals surface area contributed by atoms with Crippen molar-refractivity contribution >= 4 is 28.5 Å². The number of hydrogen-bond donors (Lipinski definition) is 1. The van der Waals surface area contributed by atoms with E-state index in [1.165, 1.54) is 11.1 Å². The molecule has 0 bridgehead atoms. The van der Waals surface area contributed by atoms with E-state index in [1.54, 1.807) is 17.8 Å². The van der Waals surface area contributed by atoms with Crippen molar-refractivity contribution in [3.8, 4) is 23.0 Å². The Bertz CT molecular complexity index is 1570. The Morgan fingerprint density at radius 1 is 0.786 bits per heavy atom. The molecule has 5 rings (SSSR count). The topological polar surface area (TPSA) is 49.6 Å². The molecule has 3 heterocycles. The van der Waals surface area contributed by atoms with Crippen LogP contribution >= 0.6 is 28.5 Å². The first-order chi connectivity index (χ1) is 19.9. The van der Waals surface area contributed by atoms with Crippen LogP contribution in [0.4, 0.5) is 0 Å². The van der Waals surface area contributed by atoms with Gasteiger partial charge in [-0.15, -0.1) is 0 Å². The van der Waals surface area contributed by atoms with Gasteiger partial charge in [0.15, 0.2) is 31.3 Å². The molecular weight excluding hydrogens is 580 g/mol. The Kier molecular flexibility index (Phi) is 8.85. The van der Waals surface area contributed by atoms with E-state index in [0.717, 1.165) is 21.3 Å². The van der Waals surface area contributed by atoms with Crippen LogP contribution in [0.25, 0.3) is 0 Å². The molecule has 1 aliphatic heterocycles. The molecule has 2 aromatic carbocycles. The van der Waals surface area contributed by atoms with Crippen molar-refractivity contribution in [3.05, 3.63) is 109 Å². The lowest BCUT2D eigenvalue weighted by Crippen LogP contribution is -2.15. The van der Waals surface area contributed by atoms with Crippen molar-refractivity contribution in [2.45, 2.75) is 62.2 Å². The predicted molar refractivity (Wildman–Crippen MR) is 178 cm³/mol. The van der Waals surface area contributed by atoms with Gasteiger partial charge in [-0.2, -0.15) is 0 Å². The number of nitrogens with zero attached hydrogens (tertiary/aromatic N) is 2. The third-order valence-electron chi connectivity index (χ3n) is 6.74. The zero-order chi connectivity index (χ0) is 30.1. The summed E-state index contributed by atoms with van der Waals surface area (Å²) >= 11 is 1.71. The Morgan fingerprint density at radius 3 is 1.79 bits per heavy atom. The van der Waals surface area contributed by atoms with Gasteiger partial charge in [0, 0.05) is 37.7 Å². The maximum absolute atomic E-state index is 6.81. The molecule has 2 unspecified atom stereocenters. The first-order valence-corrected chi connectivity index (χ1v) is 17.6. The average molecular weight is 620 g/mol. The van der Waals surface area contributed by atoms with Gasteiger partial charge in [-0.25, -0.2) is 0 Å². The third-order valence-corrected chi connectivity index (χ3v) is 10.6. The lowest BCUT2D eigenvalue weighted by atomic mass is 9.86. The molecule has 9 heteroatoms. The van der Waals surface area contributed by atoms with Crippen LogP contribution in [0.15, 0.2) is 108 Å². The molecule has 42 heavy (non-hydrogen) atoms. The molecule has 1 aliphatic rings. The first-order valence-electron chi connectivity index (χ1n) is 13.9. The highest BCUT2D eigenvalue weighted by Gasteiger charge is 2.32. The van der Waals surface area contributed by atoms with Crippen LogP contribution < -0.4 is 18.9 Å². The molecule has 0 aliphatic carbocycles. The Hall–Kier alpha value is -3.11. The SMILES string of the molecule is C=C/C=C\NP(Oc1cc(C(C)(C)C)cc2c1Oc1c(OP(C)n3cccc3)cc(C(C)(C)C)cc1S2)n1cccc1. The Balaban J connectivity index is 1.60. The standard InChI is InChI=1S/C33H39N3O3P2S/c1-9-10-15-34-41(36-18-13-14-19-36)39-27-21-25(33(5,6)7)23-29-31(27)37-30-26(38-40(8)35-16-11-12-17-35)20-24(32(2,3)4)22-28(30)42-29/h9-23,34H,1H2,2-8H3/b15-10-. The van der Waals surface area contributed by atoms with Crippen molar-refractivity contribution in [2.24, 2.45) is 0 Å². The highest BCUT2D eigenvalue weighted by Crippen LogP contribution is 2.58. The van der Waals surface area contributed by atoms with E-state index in [9.17, 15) is 0 Å². The lowest BCUT2D eigenvalue weighted by Gasteiger charge is -2.30. The van der Waals surface area contributed by atoms with Crippen LogP contribution in [0.2, 0.25) is 0 Å². The highest BCUT2D eigenvalue weighted by molar-refractivity contribution is 7.99. The van der Waals surface area contributed by atoms with Crippen LogP contribution in [-0.4, -0.2) is 15.3 Å². The number of aromatic nitrogens is 2. The van der Waals surface area contributed by atoms with Gasteiger partial charge in [0.1, 0.15) is 0 Å². The molecule has 0 spiro atoms. The van der Waals surface area contributed by atoms with Crippen LogP contribution in [-0.2, 0) is 10.8 Å². The van der Waals surface area contributed by atoms with Gasteiger partial charge >= 0.3 is 8.45 Å². The number of nitrogens with one attached hydrogen (secondary N) is 1. The van der Waals surface area contributed by atoms with E-state index in [1.807, 2.05) is 65.7 Å². The van der Waals surface area contributed by atoms with E-state index < -0.39 is 16.7 Å². The second-order valence-corrected chi connectivity index (χ2v) is 16.2. The maximum atomic E-state index is 6.81. The fourth-order valence-corrected chi connectivity index (χ4v) is 7.62. The molecule has 1 N–H and O–H groups in total. The molecule has 0 saturated carbocycles. The van der Waals surface area contributed by atoms with Crippen molar-refractivity contribution in [1.82, 2.24) is 13.8 Å². The normalized spacial score (nSPS) is 14.5. The van der Waals surface area contributed by atoms with Gasteiger partial charge in [0.05, 0.1) is 9.79 Å². The van der Waals surface area contributed by atoms with E-state index in [2.05, 4.69) is 88.5 Å². The van der Waals surface area contributed by atoms with Gasteiger partial charge in [-0.1, -0.05) is 66.0 Å². The van der Waals surface area contributed by atoms with Gasteiger partial charge in [-0.05, 0) is 76.6 Å². The van der Waals surface area contributed by atoms with Crippen molar-refractivity contribution in [3.63, 3.8) is 0 Å². The Labute approximate surface area is 256 Å². The van der Waals surface area contributed by atoms with Gasteiger partial charge < -0.3 is 23.2 Å². The summed E-state index contributed by atoms with van der Waals surface area (Å²) < 4.78 is 24.4. The summed E-state index contributed by atoms with van der Waals surface area (Å²) in [5.41, 5.74) is 2.23. The summed E-state index contributed by atoms with van der Waals surface area (Å²) in [6.45, 7) is 19.2. The fourth-order valence-electron chi connectivity index (χ4n) is 4.29. The smallest absolute Gasteiger partial charge is 0.310 e. The second kappa shape index (κ2) is 12.2. The molecule has 2 aromatic heterocycles. The summed E-state index contributed by atoms with van der Waals surface area (Å²) in [6.07, 6.45) is 13.5. The predicted octanol–water partition coefficient (Wildman–Crippen LogP) is 10.5. The number of allylic oxidation sites excluding steroid dienone is 2. The van der Waals surface area contributed by atoms with Crippen molar-refractivity contribution in [2.75, 3.05) is 6.66 Å². The summed E-state index contributed by atoms with van der Waals surface area (Å²) in [4.78, 5) is 2.06. The van der Waals surface area contributed by atoms with E-state index in [4.69, 9.17) is 13.8 Å². The van der Waals surface area contributed by atoms with Crippen molar-refractivity contribution < 1.29 is 13.8 Å². The summed E-state index contributed by atoms with van der Waals surface area (Å²) in [6, 6.07) is 16.7. The van der Waals surface area contributed by atoms with Crippen LogP contribution in [0, 0.1) is 0 Å². The van der Waals surface area contributed by atoms with Gasteiger partial charge in [0.25, 0.3) is 0 Å². The molecule has 2 atom stereocenters. The number of benzene rings is 2. The maximum Gasteiger partial charge on any atom is 0.310 e. The minimum Gasteiger partial charge on any atom is -0.449 e. The van der Waals surface area contributed by atoms with E-state index in [0.29, 0.717) is 11.5 Å². The van der Waals surface area contributed by atoms with Crippen molar-refractivity contribution in [1.29, 1.82) is 0 Å². The summed E-state index contributed by atoms with van der Waals surface area (Å²) in [5.74, 6) is 2.85. The summed E-state index contributed by atoms with van der Waals surface area (Å²) in [5, 5.41) is 3.40. The third kappa shape index (κ3) is 6.75. The van der Waals surface area contributed by atoms with Gasteiger partial charge in [0.2, 0.25) is 0 Å². The number of fused-ring (bicyclic) bond motifs is 2. The molecule has 0 fully saturated rings. The van der Waals surface area contributed by atoms with Crippen LogP contribution in [0.3, 0.4) is 0 Å². The molecule has 0 amide bonds. The second-order valence-electron chi connectivity index (χ2n) is 12.1. The molecule has 0 saturated heterocycles. The monoisotopic (exact) mass is 619 g/mol. The van der Waals surface area contributed by atoms with Crippen LogP contribution in [0.5, 0.6) is 23.0 Å². The molecule has 220 valence electrons. The Morgan fingerprint density at radius 2 is 1.29 bits per heavy atom. The minimum atomic E-state index is -1.29. The van der Waals surface area contributed by atoms with E-state index in [-0.39, 0.29) is 10.8 Å². The zero-order valence-electron chi connectivity index (χ0n) is 25.3. The number of hydrogen-bond acceptors (Lipinski definition) is 5. The average Bonchev–Trinajstić information content (AvgIpc) is 3.65. The number of rotatable bonds is 9. The molecular formula is C33H39N3O3P2S. The summed E-state index contributed by atoms with van der Waals surface area (Å²) in [7, 11) is -2.24. The first kappa shape index (κ1) is 30.4. The quantitative estimate of drug-likeness (QED) is 0.131. The number of ether oxygens (including phenoxy) is 1. The zero-order valence-corrected chi connectivity index (χ0v) is 27.9. The van der Waals surface area contributed by atoms with E-state index >= 15 is 0 Å². The van der Waals surface area contributed by atoms with Gasteiger partial charge in [-0.3, -0.25) is 4.34 Å². The molecule has 0 radical (unpaired) electrons. The van der Waals surface area contributed by atoms with Crippen LogP contribution in [0.1, 0.15) is 52.7 Å². The largest absolute Gasteiger partial charge is 0.449 e.